The molecule has 4 N–H and O–H groups in total. The van der Waals surface area contributed by atoms with Crippen LogP contribution in [-0.2, 0) is 4.79 Å². The zero-order valence-electron chi connectivity index (χ0n) is 14.5. The molecular weight excluding hydrogens is 280 g/mol. The van der Waals surface area contributed by atoms with Crippen molar-refractivity contribution < 1.29 is 9.90 Å². The molecule has 1 fully saturated rings. The average molecular weight is 312 g/mol. The molecule has 0 saturated heterocycles. The van der Waals surface area contributed by atoms with Crippen molar-refractivity contribution in [2.75, 3.05) is 19.6 Å². The van der Waals surface area contributed by atoms with Gasteiger partial charge in [0, 0.05) is 18.6 Å². The van der Waals surface area contributed by atoms with Crippen molar-refractivity contribution in [1.29, 1.82) is 0 Å². The minimum absolute atomic E-state index is 0.0744. The topological polar surface area (TPSA) is 85.8 Å². The molecule has 1 aliphatic rings. The Morgan fingerprint density at radius 1 is 1.18 bits per heavy atom. The summed E-state index contributed by atoms with van der Waals surface area (Å²) in [5.41, 5.74) is -0.905. The summed E-state index contributed by atoms with van der Waals surface area (Å²) < 4.78 is 0. The van der Waals surface area contributed by atoms with E-state index in [2.05, 4.69) is 20.9 Å². The Morgan fingerprint density at radius 2 is 1.82 bits per heavy atom. The van der Waals surface area contributed by atoms with Crippen molar-refractivity contribution in [2.45, 2.75) is 70.9 Å². The Balaban J connectivity index is 2.49. The number of amides is 1. The number of nitrogens with zero attached hydrogens (tertiary/aromatic N) is 1. The third-order valence-electron chi connectivity index (χ3n) is 3.61. The molecule has 0 aromatic rings. The van der Waals surface area contributed by atoms with Crippen LogP contribution in [0.3, 0.4) is 0 Å². The lowest BCUT2D eigenvalue weighted by molar-refractivity contribution is -0.121. The molecule has 0 bridgehead atoms. The molecule has 0 aromatic carbocycles. The molecule has 6 nitrogen and oxygen atoms in total. The molecule has 0 unspecified atom stereocenters. The summed E-state index contributed by atoms with van der Waals surface area (Å²) in [6, 6.07) is 0. The molecular formula is C16H32N4O2. The summed E-state index contributed by atoms with van der Waals surface area (Å²) >= 11 is 0. The van der Waals surface area contributed by atoms with Crippen molar-refractivity contribution in [1.82, 2.24) is 16.0 Å². The van der Waals surface area contributed by atoms with Crippen LogP contribution in [0.5, 0.6) is 0 Å². The first-order valence-corrected chi connectivity index (χ1v) is 8.30. The van der Waals surface area contributed by atoms with Gasteiger partial charge in [-0.25, -0.2) is 4.99 Å². The van der Waals surface area contributed by atoms with Gasteiger partial charge in [-0.2, -0.15) is 0 Å². The Morgan fingerprint density at radius 3 is 2.36 bits per heavy atom. The quantitative estimate of drug-likeness (QED) is 0.453. The van der Waals surface area contributed by atoms with Crippen molar-refractivity contribution in [3.63, 3.8) is 0 Å². The zero-order chi connectivity index (χ0) is 16.6. The molecule has 1 saturated carbocycles. The highest BCUT2D eigenvalue weighted by Gasteiger charge is 2.29. The second-order valence-corrected chi connectivity index (χ2v) is 7.13. The summed E-state index contributed by atoms with van der Waals surface area (Å²) in [6.45, 7) is 9.06. The first-order valence-electron chi connectivity index (χ1n) is 8.30. The SMILES string of the molecule is CCNC(=NCC(=O)NC(C)(C)C)NCC1(O)CCCCC1. The number of aliphatic hydroxyl groups is 1. The van der Waals surface area contributed by atoms with Crippen molar-refractivity contribution in [3.05, 3.63) is 0 Å². The van der Waals surface area contributed by atoms with Crippen LogP contribution in [0.2, 0.25) is 0 Å². The maximum Gasteiger partial charge on any atom is 0.242 e. The van der Waals surface area contributed by atoms with Gasteiger partial charge in [-0.15, -0.1) is 0 Å². The van der Waals surface area contributed by atoms with Crippen LogP contribution >= 0.6 is 0 Å². The average Bonchev–Trinajstić information content (AvgIpc) is 2.41. The van der Waals surface area contributed by atoms with E-state index in [1.54, 1.807) is 0 Å². The predicted molar refractivity (Wildman–Crippen MR) is 89.9 cm³/mol. The van der Waals surface area contributed by atoms with E-state index >= 15 is 0 Å². The summed E-state index contributed by atoms with van der Waals surface area (Å²) in [5.74, 6) is 0.464. The number of carbonyl (C=O) groups excluding carboxylic acids is 1. The Hall–Kier alpha value is -1.30. The first-order chi connectivity index (χ1) is 10.2. The minimum Gasteiger partial charge on any atom is -0.388 e. The fraction of sp³-hybridized carbons (Fsp3) is 0.875. The van der Waals surface area contributed by atoms with Crippen molar-refractivity contribution >= 4 is 11.9 Å². The Kier molecular flexibility index (Phi) is 7.13. The fourth-order valence-corrected chi connectivity index (χ4v) is 2.59. The molecule has 0 spiro atoms. The van der Waals surface area contributed by atoms with Gasteiger partial charge >= 0.3 is 0 Å². The van der Waals surface area contributed by atoms with Crippen LogP contribution in [0, 0.1) is 0 Å². The lowest BCUT2D eigenvalue weighted by Crippen LogP contribution is -2.48. The van der Waals surface area contributed by atoms with Crippen LogP contribution in [-0.4, -0.2) is 47.7 Å². The standard InChI is InChI=1S/C16H32N4O2/c1-5-17-14(18-11-13(21)20-15(2,3)4)19-12-16(22)9-7-6-8-10-16/h22H,5-12H2,1-4H3,(H,20,21)(H2,17,18,19). The number of rotatable bonds is 5. The molecule has 0 radical (unpaired) electrons. The number of carbonyl (C=O) groups is 1. The van der Waals surface area contributed by atoms with Crippen LogP contribution in [0.4, 0.5) is 0 Å². The van der Waals surface area contributed by atoms with Gasteiger partial charge in [0.05, 0.1) is 5.60 Å². The molecule has 6 heteroatoms. The fourth-order valence-electron chi connectivity index (χ4n) is 2.59. The largest absolute Gasteiger partial charge is 0.388 e. The van der Waals surface area contributed by atoms with Crippen molar-refractivity contribution in [2.24, 2.45) is 4.99 Å². The zero-order valence-corrected chi connectivity index (χ0v) is 14.5. The number of hydrogen-bond donors (Lipinski definition) is 4. The molecule has 0 heterocycles. The maximum atomic E-state index is 11.8. The molecule has 0 aliphatic heterocycles. The molecule has 0 aromatic heterocycles. The number of hydrogen-bond acceptors (Lipinski definition) is 3. The third kappa shape index (κ3) is 7.64. The summed E-state index contributed by atoms with van der Waals surface area (Å²) in [7, 11) is 0. The summed E-state index contributed by atoms with van der Waals surface area (Å²) in [6.07, 6.45) is 4.98. The second-order valence-electron chi connectivity index (χ2n) is 7.13. The third-order valence-corrected chi connectivity index (χ3v) is 3.61. The lowest BCUT2D eigenvalue weighted by Gasteiger charge is -2.32. The highest BCUT2D eigenvalue weighted by molar-refractivity contribution is 5.85. The van der Waals surface area contributed by atoms with Gasteiger partial charge in [-0.1, -0.05) is 19.3 Å². The predicted octanol–water partition coefficient (Wildman–Crippen LogP) is 1.15. The molecule has 22 heavy (non-hydrogen) atoms. The van der Waals surface area contributed by atoms with Gasteiger partial charge in [0.2, 0.25) is 5.91 Å². The Labute approximate surface area is 134 Å². The van der Waals surface area contributed by atoms with Gasteiger partial charge in [0.15, 0.2) is 5.96 Å². The minimum atomic E-state index is -0.651. The highest BCUT2D eigenvalue weighted by atomic mass is 16.3. The van der Waals surface area contributed by atoms with Gasteiger partial charge in [-0.05, 0) is 40.5 Å². The van der Waals surface area contributed by atoms with Crippen LogP contribution in [0.15, 0.2) is 4.99 Å². The van der Waals surface area contributed by atoms with E-state index in [0.29, 0.717) is 19.0 Å². The van der Waals surface area contributed by atoms with E-state index in [1.807, 2.05) is 27.7 Å². The van der Waals surface area contributed by atoms with Gasteiger partial charge in [0.1, 0.15) is 6.54 Å². The van der Waals surface area contributed by atoms with Gasteiger partial charge in [0.25, 0.3) is 0 Å². The number of aliphatic imine (C=N–C) groups is 1. The molecule has 1 amide bonds. The molecule has 1 aliphatic carbocycles. The van der Waals surface area contributed by atoms with Gasteiger partial charge in [-0.3, -0.25) is 4.79 Å². The van der Waals surface area contributed by atoms with E-state index in [1.165, 1.54) is 6.42 Å². The van der Waals surface area contributed by atoms with Gasteiger partial charge < -0.3 is 21.1 Å². The number of nitrogens with one attached hydrogen (secondary N) is 3. The lowest BCUT2D eigenvalue weighted by atomic mass is 9.85. The van der Waals surface area contributed by atoms with E-state index in [4.69, 9.17) is 0 Å². The number of guanidine groups is 1. The molecule has 128 valence electrons. The van der Waals surface area contributed by atoms with Crippen molar-refractivity contribution in [3.8, 4) is 0 Å². The van der Waals surface area contributed by atoms with E-state index in [0.717, 1.165) is 25.7 Å². The molecule has 1 rings (SSSR count). The maximum absolute atomic E-state index is 11.8. The first kappa shape index (κ1) is 18.7. The second kappa shape index (κ2) is 8.36. The van der Waals surface area contributed by atoms with Crippen LogP contribution < -0.4 is 16.0 Å². The highest BCUT2D eigenvalue weighted by Crippen LogP contribution is 2.27. The monoisotopic (exact) mass is 312 g/mol. The van der Waals surface area contributed by atoms with Crippen LogP contribution in [0.25, 0.3) is 0 Å². The van der Waals surface area contributed by atoms with E-state index in [9.17, 15) is 9.90 Å². The molecule has 0 atom stereocenters. The van der Waals surface area contributed by atoms with E-state index < -0.39 is 5.60 Å². The summed E-state index contributed by atoms with van der Waals surface area (Å²) in [4.78, 5) is 16.1. The smallest absolute Gasteiger partial charge is 0.242 e. The normalized spacial score (nSPS) is 18.7. The van der Waals surface area contributed by atoms with E-state index in [-0.39, 0.29) is 18.0 Å². The summed E-state index contributed by atoms with van der Waals surface area (Å²) in [5, 5.41) is 19.6. The van der Waals surface area contributed by atoms with Crippen LogP contribution in [0.1, 0.15) is 59.8 Å². The Bertz CT molecular complexity index is 382.